The van der Waals surface area contributed by atoms with E-state index in [0.29, 0.717) is 5.82 Å². The van der Waals surface area contributed by atoms with Gasteiger partial charge in [0, 0.05) is 16.7 Å². The van der Waals surface area contributed by atoms with Crippen molar-refractivity contribution < 1.29 is 0 Å². The van der Waals surface area contributed by atoms with Gasteiger partial charge in [-0.1, -0.05) is 176 Å². The fourth-order valence-electron chi connectivity index (χ4n) is 9.12. The van der Waals surface area contributed by atoms with Gasteiger partial charge in [-0.3, -0.25) is 0 Å². The summed E-state index contributed by atoms with van der Waals surface area (Å²) in [5.74, 6) is 0.708. The van der Waals surface area contributed by atoms with Crippen LogP contribution in [0.15, 0.2) is 194 Å². The molecule has 2 heteroatoms. The molecule has 2 aliphatic carbocycles. The van der Waals surface area contributed by atoms with Gasteiger partial charge in [0.15, 0.2) is 5.82 Å². The maximum atomic E-state index is 5.19. The summed E-state index contributed by atoms with van der Waals surface area (Å²) < 4.78 is 0. The van der Waals surface area contributed by atoms with Crippen LogP contribution in [0.2, 0.25) is 0 Å². The SMILES string of the molecule is c1ccc(-c2cc(-c3ccccc3)nc(-c3cccc(-c4cc5ccccc5c5c4-c4ccccc4C54c5ccccc5-c5ccccc54)c3)n2)cc1. The van der Waals surface area contributed by atoms with E-state index in [0.717, 1.165) is 33.6 Å². The zero-order valence-corrected chi connectivity index (χ0v) is 28.9. The first-order valence-corrected chi connectivity index (χ1v) is 18.3. The molecule has 1 heterocycles. The third-order valence-corrected chi connectivity index (χ3v) is 11.3. The summed E-state index contributed by atoms with van der Waals surface area (Å²) in [4.78, 5) is 10.4. The molecule has 246 valence electrons. The van der Waals surface area contributed by atoms with Crippen LogP contribution in [-0.2, 0) is 5.41 Å². The first-order valence-electron chi connectivity index (χ1n) is 18.3. The van der Waals surface area contributed by atoms with E-state index < -0.39 is 5.41 Å². The highest BCUT2D eigenvalue weighted by Crippen LogP contribution is 2.65. The maximum Gasteiger partial charge on any atom is 0.160 e. The van der Waals surface area contributed by atoms with E-state index in [2.05, 4.69) is 182 Å². The van der Waals surface area contributed by atoms with Crippen molar-refractivity contribution in [1.29, 1.82) is 0 Å². The minimum atomic E-state index is -0.440. The summed E-state index contributed by atoms with van der Waals surface area (Å²) in [6.07, 6.45) is 0. The van der Waals surface area contributed by atoms with Gasteiger partial charge in [-0.15, -0.1) is 0 Å². The molecule has 2 nitrogen and oxygen atoms in total. The maximum absolute atomic E-state index is 5.19. The average Bonchev–Trinajstić information content (AvgIpc) is 3.72. The standard InChI is InChI=1S/C51H32N2/c1-3-16-33(17-4-1)46-32-47(34-18-5-2-6-19-34)53-50(52-46)37-22-15-21-35(30-37)42-31-36-20-7-8-23-38(36)49-48(42)41-26-11-14-29-45(41)51(49)43-27-12-9-24-39(43)40-25-10-13-28-44(40)51/h1-32H. The molecule has 1 spiro atoms. The minimum absolute atomic E-state index is 0.440. The van der Waals surface area contributed by atoms with Crippen molar-refractivity contribution in [2.45, 2.75) is 5.41 Å². The fourth-order valence-corrected chi connectivity index (χ4v) is 9.12. The Labute approximate surface area is 308 Å². The monoisotopic (exact) mass is 672 g/mol. The van der Waals surface area contributed by atoms with Crippen LogP contribution in [0.1, 0.15) is 22.3 Å². The number of hydrogen-bond acceptors (Lipinski definition) is 2. The summed E-state index contributed by atoms with van der Waals surface area (Å²) >= 11 is 0. The zero-order valence-electron chi connectivity index (χ0n) is 28.9. The number of rotatable bonds is 4. The van der Waals surface area contributed by atoms with Gasteiger partial charge in [-0.2, -0.15) is 0 Å². The number of nitrogens with zero attached hydrogens (tertiary/aromatic N) is 2. The second-order valence-electron chi connectivity index (χ2n) is 14.1. The summed E-state index contributed by atoms with van der Waals surface area (Å²) in [6.45, 7) is 0. The van der Waals surface area contributed by atoms with Crippen LogP contribution in [0.4, 0.5) is 0 Å². The van der Waals surface area contributed by atoms with E-state index >= 15 is 0 Å². The van der Waals surface area contributed by atoms with Crippen LogP contribution >= 0.6 is 0 Å². The van der Waals surface area contributed by atoms with Crippen molar-refractivity contribution in [3.63, 3.8) is 0 Å². The highest BCUT2D eigenvalue weighted by molar-refractivity contribution is 6.09. The molecule has 0 unspecified atom stereocenters. The highest BCUT2D eigenvalue weighted by Gasteiger charge is 2.52. The van der Waals surface area contributed by atoms with Gasteiger partial charge in [0.1, 0.15) is 0 Å². The van der Waals surface area contributed by atoms with Gasteiger partial charge in [0.05, 0.1) is 16.8 Å². The second kappa shape index (κ2) is 11.6. The summed E-state index contributed by atoms with van der Waals surface area (Å²) in [6, 6.07) is 70.2. The lowest BCUT2D eigenvalue weighted by atomic mass is 9.69. The number of aromatic nitrogens is 2. The van der Waals surface area contributed by atoms with Gasteiger partial charge in [-0.25, -0.2) is 9.97 Å². The molecule has 53 heavy (non-hydrogen) atoms. The summed E-state index contributed by atoms with van der Waals surface area (Å²) in [5.41, 5.74) is 17.5. The third kappa shape index (κ3) is 4.33. The molecule has 0 bridgehead atoms. The predicted octanol–water partition coefficient (Wildman–Crippen LogP) is 12.6. The molecule has 0 saturated carbocycles. The van der Waals surface area contributed by atoms with Crippen LogP contribution in [0.5, 0.6) is 0 Å². The number of benzene rings is 8. The average molecular weight is 673 g/mol. The summed E-state index contributed by atoms with van der Waals surface area (Å²) in [7, 11) is 0. The Kier molecular flexibility index (Phi) is 6.50. The van der Waals surface area contributed by atoms with Gasteiger partial charge in [-0.05, 0) is 84.6 Å². The summed E-state index contributed by atoms with van der Waals surface area (Å²) in [5, 5.41) is 2.52. The van der Waals surface area contributed by atoms with Crippen molar-refractivity contribution in [2.75, 3.05) is 0 Å². The Balaban J connectivity index is 1.19. The molecule has 0 radical (unpaired) electrons. The van der Waals surface area contributed by atoms with E-state index in [1.807, 2.05) is 12.1 Å². The molecule has 0 aliphatic heterocycles. The van der Waals surface area contributed by atoms with Gasteiger partial charge < -0.3 is 0 Å². The van der Waals surface area contributed by atoms with E-state index in [1.54, 1.807) is 0 Å². The molecular formula is C51H32N2. The highest BCUT2D eigenvalue weighted by atomic mass is 14.9. The van der Waals surface area contributed by atoms with Crippen LogP contribution in [0.3, 0.4) is 0 Å². The third-order valence-electron chi connectivity index (χ3n) is 11.3. The Morgan fingerprint density at radius 2 is 0.830 bits per heavy atom. The van der Waals surface area contributed by atoms with Crippen molar-refractivity contribution in [3.05, 3.63) is 216 Å². The molecule has 0 fully saturated rings. The minimum Gasteiger partial charge on any atom is -0.228 e. The predicted molar refractivity (Wildman–Crippen MR) is 218 cm³/mol. The molecule has 0 amide bonds. The van der Waals surface area contributed by atoms with Gasteiger partial charge in [0.2, 0.25) is 0 Å². The molecule has 0 saturated heterocycles. The Morgan fingerprint density at radius 1 is 0.340 bits per heavy atom. The second-order valence-corrected chi connectivity index (χ2v) is 14.1. The normalized spacial score (nSPS) is 13.1. The van der Waals surface area contributed by atoms with E-state index in [4.69, 9.17) is 9.97 Å². The van der Waals surface area contributed by atoms with Crippen LogP contribution in [-0.4, -0.2) is 9.97 Å². The topological polar surface area (TPSA) is 25.8 Å². The molecule has 1 aromatic heterocycles. The van der Waals surface area contributed by atoms with Gasteiger partial charge in [0.25, 0.3) is 0 Å². The lowest BCUT2D eigenvalue weighted by Gasteiger charge is -2.31. The van der Waals surface area contributed by atoms with Crippen molar-refractivity contribution in [1.82, 2.24) is 9.97 Å². The molecule has 0 atom stereocenters. The van der Waals surface area contributed by atoms with E-state index in [1.165, 1.54) is 60.8 Å². The first-order chi connectivity index (χ1) is 26.3. The van der Waals surface area contributed by atoms with Crippen LogP contribution < -0.4 is 0 Å². The molecule has 11 rings (SSSR count). The molecular weight excluding hydrogens is 641 g/mol. The van der Waals surface area contributed by atoms with Crippen molar-refractivity contribution in [3.8, 4) is 67.3 Å². The molecule has 8 aromatic carbocycles. The van der Waals surface area contributed by atoms with Crippen LogP contribution in [0.25, 0.3) is 78.1 Å². The van der Waals surface area contributed by atoms with Gasteiger partial charge >= 0.3 is 0 Å². The van der Waals surface area contributed by atoms with E-state index in [-0.39, 0.29) is 0 Å². The fraction of sp³-hybridized carbons (Fsp3) is 0.0196. The lowest BCUT2D eigenvalue weighted by molar-refractivity contribution is 0.801. The first kappa shape index (κ1) is 29.8. The largest absolute Gasteiger partial charge is 0.228 e. The molecule has 0 N–H and O–H groups in total. The Hall–Kier alpha value is -6.90. The van der Waals surface area contributed by atoms with Crippen LogP contribution in [0, 0.1) is 0 Å². The van der Waals surface area contributed by atoms with Crippen molar-refractivity contribution >= 4 is 10.8 Å². The number of hydrogen-bond donors (Lipinski definition) is 0. The quantitative estimate of drug-likeness (QED) is 0.186. The zero-order chi connectivity index (χ0) is 34.9. The number of fused-ring (bicyclic) bond motifs is 12. The van der Waals surface area contributed by atoms with E-state index in [9.17, 15) is 0 Å². The smallest absolute Gasteiger partial charge is 0.160 e. The molecule has 2 aliphatic rings. The van der Waals surface area contributed by atoms with Crippen molar-refractivity contribution in [2.24, 2.45) is 0 Å². The Morgan fingerprint density at radius 3 is 1.47 bits per heavy atom. The molecule has 9 aromatic rings. The lowest BCUT2D eigenvalue weighted by Crippen LogP contribution is -2.26. The Bertz CT molecular complexity index is 2790.